The van der Waals surface area contributed by atoms with Gasteiger partial charge < -0.3 is 24.9 Å². The first-order valence-corrected chi connectivity index (χ1v) is 10.4. The van der Waals surface area contributed by atoms with Crippen molar-refractivity contribution in [2.75, 3.05) is 13.2 Å². The highest BCUT2D eigenvalue weighted by Crippen LogP contribution is 2.14. The summed E-state index contributed by atoms with van der Waals surface area (Å²) in [6.45, 7) is 9.63. The molecule has 0 amide bonds. The minimum absolute atomic E-state index is 0.0380. The zero-order valence-electron chi connectivity index (χ0n) is 18.5. The molecule has 0 bridgehead atoms. The number of hydrogen-bond acceptors (Lipinski definition) is 6. The Kier molecular flexibility index (Phi) is 15.8. The van der Waals surface area contributed by atoms with E-state index in [1.165, 1.54) is 19.3 Å². The second-order valence-corrected chi connectivity index (χ2v) is 7.26. The molecule has 0 fully saturated rings. The lowest BCUT2D eigenvalue weighted by Crippen LogP contribution is -2.00. The number of allylic oxidation sites excluding steroid dienone is 3. The molecule has 0 spiro atoms. The van der Waals surface area contributed by atoms with Crippen LogP contribution in [-0.2, 0) is 9.53 Å². The Morgan fingerprint density at radius 3 is 2.73 bits per heavy atom. The number of ether oxygens (including phenoxy) is 1. The predicted molar refractivity (Wildman–Crippen MR) is 123 cm³/mol. The highest BCUT2D eigenvalue weighted by Gasteiger charge is 2.05. The van der Waals surface area contributed by atoms with Gasteiger partial charge in [-0.1, -0.05) is 45.8 Å². The zero-order chi connectivity index (χ0) is 22.8. The fourth-order valence-corrected chi connectivity index (χ4v) is 2.59. The van der Waals surface area contributed by atoms with Gasteiger partial charge in [-0.25, -0.2) is 0 Å². The predicted octanol–water partition coefficient (Wildman–Crippen LogP) is 5.49. The van der Waals surface area contributed by atoms with Crippen molar-refractivity contribution in [3.63, 3.8) is 0 Å². The third-order valence-corrected chi connectivity index (χ3v) is 4.26. The van der Waals surface area contributed by atoms with E-state index in [2.05, 4.69) is 25.4 Å². The molecule has 1 heterocycles. The molecule has 0 aliphatic carbocycles. The standard InChI is InChI=1S/C14H17NO4.C10H20O/c1-11(14(18)8-13(17)5-7-16)19-10-12-4-2-3-6-15-9-12;1-4-6-9(2)7-5-8-10(3)11/h2-3,5-6,8-9,16-18H,1,4,7,10H2;9H,4-8H2,1-3H3/b13-5+,14-8+;. The van der Waals surface area contributed by atoms with Gasteiger partial charge in [0.2, 0.25) is 0 Å². The van der Waals surface area contributed by atoms with E-state index in [0.29, 0.717) is 12.2 Å². The second kappa shape index (κ2) is 17.3. The van der Waals surface area contributed by atoms with Crippen LogP contribution in [0.4, 0.5) is 0 Å². The smallest absolute Gasteiger partial charge is 0.160 e. The lowest BCUT2D eigenvalue weighted by molar-refractivity contribution is -0.117. The molecule has 30 heavy (non-hydrogen) atoms. The van der Waals surface area contributed by atoms with E-state index in [4.69, 9.17) is 9.84 Å². The number of carbonyl (C=O) groups excluding carboxylic acids is 1. The highest BCUT2D eigenvalue weighted by atomic mass is 16.5. The number of nitrogens with zero attached hydrogens (tertiary/aromatic N) is 1. The van der Waals surface area contributed by atoms with Crippen LogP contribution in [0.15, 0.2) is 64.9 Å². The number of aliphatic hydroxyl groups excluding tert-OH is 3. The lowest BCUT2D eigenvalue weighted by Gasteiger charge is -2.09. The van der Waals surface area contributed by atoms with E-state index in [1.807, 2.05) is 12.2 Å². The van der Waals surface area contributed by atoms with Crippen molar-refractivity contribution in [2.24, 2.45) is 10.9 Å². The molecular formula is C24H37NO5. The van der Waals surface area contributed by atoms with E-state index in [1.54, 1.807) is 19.3 Å². The van der Waals surface area contributed by atoms with Crippen LogP contribution in [0.25, 0.3) is 0 Å². The van der Waals surface area contributed by atoms with Gasteiger partial charge in [-0.3, -0.25) is 4.99 Å². The van der Waals surface area contributed by atoms with Crippen LogP contribution < -0.4 is 0 Å². The Balaban J connectivity index is 0.000000654. The average Bonchev–Trinajstić information content (AvgIpc) is 2.95. The first kappa shape index (κ1) is 27.4. The molecule has 0 saturated carbocycles. The van der Waals surface area contributed by atoms with Crippen molar-refractivity contribution in [2.45, 2.75) is 59.3 Å². The molecule has 3 N–H and O–H groups in total. The van der Waals surface area contributed by atoms with Crippen molar-refractivity contribution < 1.29 is 24.9 Å². The van der Waals surface area contributed by atoms with Crippen molar-refractivity contribution in [3.8, 4) is 0 Å². The highest BCUT2D eigenvalue weighted by molar-refractivity contribution is 5.75. The summed E-state index contributed by atoms with van der Waals surface area (Å²) in [5.74, 6) is 0.616. The van der Waals surface area contributed by atoms with E-state index < -0.39 is 0 Å². The first-order chi connectivity index (χ1) is 14.3. The fraction of sp³-hybridized carbons (Fsp3) is 0.500. The number of ketones is 1. The maximum atomic E-state index is 10.6. The summed E-state index contributed by atoms with van der Waals surface area (Å²) in [4.78, 5) is 14.6. The molecule has 0 saturated heterocycles. The van der Waals surface area contributed by atoms with Gasteiger partial charge in [0.25, 0.3) is 0 Å². The van der Waals surface area contributed by atoms with E-state index in [-0.39, 0.29) is 30.5 Å². The third kappa shape index (κ3) is 15.3. The van der Waals surface area contributed by atoms with Gasteiger partial charge in [0.1, 0.15) is 18.1 Å². The Labute approximate surface area is 180 Å². The monoisotopic (exact) mass is 419 g/mol. The zero-order valence-corrected chi connectivity index (χ0v) is 18.5. The molecule has 0 aromatic carbocycles. The van der Waals surface area contributed by atoms with Gasteiger partial charge >= 0.3 is 0 Å². The minimum atomic E-state index is -0.319. The third-order valence-electron chi connectivity index (χ3n) is 4.26. The van der Waals surface area contributed by atoms with E-state index in [9.17, 15) is 15.0 Å². The molecule has 1 atom stereocenters. The molecular weight excluding hydrogens is 382 g/mol. The number of aliphatic imine (C=N–C) groups is 1. The van der Waals surface area contributed by atoms with Crippen LogP contribution in [0.3, 0.4) is 0 Å². The average molecular weight is 420 g/mol. The van der Waals surface area contributed by atoms with Gasteiger partial charge in [0, 0.05) is 24.9 Å². The molecule has 6 nitrogen and oxygen atoms in total. The van der Waals surface area contributed by atoms with Gasteiger partial charge in [0.05, 0.1) is 6.61 Å². The number of hydrogen-bond donors (Lipinski definition) is 3. The Morgan fingerprint density at radius 2 is 2.10 bits per heavy atom. The van der Waals surface area contributed by atoms with Gasteiger partial charge in [-0.2, -0.15) is 0 Å². The Hall–Kier alpha value is -2.60. The van der Waals surface area contributed by atoms with Gasteiger partial charge in [-0.05, 0) is 43.4 Å². The molecule has 1 aliphatic rings. The van der Waals surface area contributed by atoms with Crippen molar-refractivity contribution in [3.05, 3.63) is 59.9 Å². The SMILES string of the molecule is C=C(OCC1=CN=CC=CC1)/C(O)=C\C(O)=C/CO.CCCC(C)CCCC(C)=O. The molecule has 1 unspecified atom stereocenters. The molecule has 1 rings (SSSR count). The summed E-state index contributed by atoms with van der Waals surface area (Å²) >= 11 is 0. The lowest BCUT2D eigenvalue weighted by atomic mass is 9.99. The van der Waals surface area contributed by atoms with Crippen LogP contribution in [0.1, 0.15) is 59.3 Å². The quantitative estimate of drug-likeness (QED) is 0.287. The number of Topliss-reactive ketones (excluding diaryl/α,β-unsaturated/α-hetero) is 1. The number of aliphatic hydroxyl groups is 3. The Morgan fingerprint density at radius 1 is 1.37 bits per heavy atom. The molecule has 0 aromatic rings. The van der Waals surface area contributed by atoms with Gasteiger partial charge in [0.15, 0.2) is 11.5 Å². The van der Waals surface area contributed by atoms with Crippen LogP contribution in [0.2, 0.25) is 0 Å². The van der Waals surface area contributed by atoms with Crippen LogP contribution in [0.5, 0.6) is 0 Å². The van der Waals surface area contributed by atoms with E-state index in [0.717, 1.165) is 36.5 Å². The van der Waals surface area contributed by atoms with Crippen molar-refractivity contribution >= 4 is 12.0 Å². The van der Waals surface area contributed by atoms with Gasteiger partial charge in [-0.15, -0.1) is 0 Å². The summed E-state index contributed by atoms with van der Waals surface area (Å²) in [7, 11) is 0. The van der Waals surface area contributed by atoms with E-state index >= 15 is 0 Å². The normalized spacial score (nSPS) is 14.9. The summed E-state index contributed by atoms with van der Waals surface area (Å²) in [5, 5.41) is 27.4. The maximum Gasteiger partial charge on any atom is 0.160 e. The molecule has 168 valence electrons. The topological polar surface area (TPSA) is 99.3 Å². The maximum absolute atomic E-state index is 10.6. The summed E-state index contributed by atoms with van der Waals surface area (Å²) in [6.07, 6.45) is 15.7. The summed E-state index contributed by atoms with van der Waals surface area (Å²) in [6, 6.07) is 0. The minimum Gasteiger partial charge on any atom is -0.508 e. The van der Waals surface area contributed by atoms with Crippen LogP contribution in [0, 0.1) is 5.92 Å². The fourth-order valence-electron chi connectivity index (χ4n) is 2.59. The largest absolute Gasteiger partial charge is 0.508 e. The number of rotatable bonds is 12. The number of carbonyl (C=O) groups is 1. The summed E-state index contributed by atoms with van der Waals surface area (Å²) in [5.41, 5.74) is 0.939. The first-order valence-electron chi connectivity index (χ1n) is 10.4. The van der Waals surface area contributed by atoms with Crippen molar-refractivity contribution in [1.29, 1.82) is 0 Å². The Bertz CT molecular complexity index is 671. The van der Waals surface area contributed by atoms with Crippen LogP contribution >= 0.6 is 0 Å². The van der Waals surface area contributed by atoms with Crippen molar-refractivity contribution in [1.82, 2.24) is 0 Å². The molecule has 1 aliphatic heterocycles. The molecule has 6 heteroatoms. The second-order valence-electron chi connectivity index (χ2n) is 7.26. The summed E-state index contributed by atoms with van der Waals surface area (Å²) < 4.78 is 5.29. The molecule has 0 aromatic heterocycles. The molecule has 0 radical (unpaired) electrons. The van der Waals surface area contributed by atoms with Crippen LogP contribution in [-0.4, -0.2) is 40.5 Å².